The van der Waals surface area contributed by atoms with E-state index in [-0.39, 0.29) is 12.1 Å². The molecule has 0 spiro atoms. The molecular weight excluding hydrogens is 270 g/mol. The highest BCUT2D eigenvalue weighted by Gasteiger charge is 2.28. The Labute approximate surface area is 127 Å². The maximum atomic E-state index is 6.24. The van der Waals surface area contributed by atoms with Gasteiger partial charge in [0.2, 0.25) is 0 Å². The summed E-state index contributed by atoms with van der Waals surface area (Å²) in [4.78, 5) is 5.03. The Hall–Kier alpha value is -0.610. The Balaban J connectivity index is 2.09. The van der Waals surface area contributed by atoms with Gasteiger partial charge in [0.1, 0.15) is 0 Å². The largest absolute Gasteiger partial charge is 0.326 e. The van der Waals surface area contributed by atoms with Crippen molar-refractivity contribution in [1.29, 1.82) is 0 Å². The summed E-state index contributed by atoms with van der Waals surface area (Å²) < 4.78 is 0. The van der Waals surface area contributed by atoms with Gasteiger partial charge < -0.3 is 5.73 Å². The average Bonchev–Trinajstić information content (AvgIpc) is 2.41. The van der Waals surface area contributed by atoms with Crippen LogP contribution in [0.25, 0.3) is 0 Å². The third-order valence-electron chi connectivity index (χ3n) is 4.18. The molecule has 1 fully saturated rings. The minimum atomic E-state index is 0.113. The van der Waals surface area contributed by atoms with Crippen molar-refractivity contribution in [2.45, 2.75) is 38.9 Å². The lowest BCUT2D eigenvalue weighted by Gasteiger charge is -2.42. The molecule has 0 aromatic heterocycles. The van der Waals surface area contributed by atoms with Crippen LogP contribution in [-0.4, -0.2) is 48.1 Å². The Kier molecular flexibility index (Phi) is 5.44. The fraction of sp³-hybridized carbons (Fsp3) is 0.625. The molecule has 1 heterocycles. The van der Waals surface area contributed by atoms with Crippen LogP contribution in [0, 0.1) is 0 Å². The molecule has 4 heteroatoms. The van der Waals surface area contributed by atoms with Crippen LogP contribution in [0.15, 0.2) is 24.3 Å². The van der Waals surface area contributed by atoms with Gasteiger partial charge >= 0.3 is 0 Å². The van der Waals surface area contributed by atoms with E-state index in [1.807, 2.05) is 12.1 Å². The second-order valence-corrected chi connectivity index (χ2v) is 6.46. The molecule has 0 amide bonds. The topological polar surface area (TPSA) is 32.5 Å². The number of benzene rings is 1. The van der Waals surface area contributed by atoms with Crippen LogP contribution >= 0.6 is 11.6 Å². The summed E-state index contributed by atoms with van der Waals surface area (Å²) in [6, 6.07) is 9.13. The third-order valence-corrected chi connectivity index (χ3v) is 4.43. The summed E-state index contributed by atoms with van der Waals surface area (Å²) >= 11 is 5.98. The molecule has 112 valence electrons. The van der Waals surface area contributed by atoms with E-state index in [9.17, 15) is 0 Å². The van der Waals surface area contributed by atoms with Gasteiger partial charge in [-0.05, 0) is 38.5 Å². The van der Waals surface area contributed by atoms with Crippen LogP contribution in [0.1, 0.15) is 32.4 Å². The second kappa shape index (κ2) is 6.90. The molecule has 0 bridgehead atoms. The average molecular weight is 296 g/mol. The van der Waals surface area contributed by atoms with Gasteiger partial charge in [0.25, 0.3) is 0 Å². The van der Waals surface area contributed by atoms with Crippen molar-refractivity contribution >= 4 is 11.6 Å². The van der Waals surface area contributed by atoms with Crippen molar-refractivity contribution in [2.75, 3.05) is 26.2 Å². The first-order valence-electron chi connectivity index (χ1n) is 7.48. The van der Waals surface area contributed by atoms with Crippen LogP contribution < -0.4 is 5.73 Å². The smallest absolute Gasteiger partial charge is 0.0497 e. The first-order chi connectivity index (χ1) is 9.49. The van der Waals surface area contributed by atoms with Crippen LogP contribution in [0.3, 0.4) is 0 Å². The SMILES string of the molecule is CC(N)C(c1ccc(Cl)cc1)N1CCN(C(C)C)CC1. The molecular formula is C16H26ClN3. The lowest BCUT2D eigenvalue weighted by atomic mass is 9.98. The minimum Gasteiger partial charge on any atom is -0.326 e. The zero-order chi connectivity index (χ0) is 14.7. The van der Waals surface area contributed by atoms with E-state index in [4.69, 9.17) is 17.3 Å². The van der Waals surface area contributed by atoms with Crippen LogP contribution in [-0.2, 0) is 0 Å². The monoisotopic (exact) mass is 295 g/mol. The van der Waals surface area contributed by atoms with Crippen LogP contribution in [0.2, 0.25) is 5.02 Å². The van der Waals surface area contributed by atoms with Crippen molar-refractivity contribution < 1.29 is 0 Å². The number of hydrogen-bond donors (Lipinski definition) is 1. The molecule has 1 saturated heterocycles. The standard InChI is InChI=1S/C16H26ClN3/c1-12(2)19-8-10-20(11-9-19)16(13(3)18)14-4-6-15(17)7-5-14/h4-7,12-13,16H,8-11,18H2,1-3H3. The summed E-state index contributed by atoms with van der Waals surface area (Å²) in [6.45, 7) is 11.0. The lowest BCUT2D eigenvalue weighted by Crippen LogP contribution is -2.52. The van der Waals surface area contributed by atoms with E-state index in [2.05, 4.69) is 42.7 Å². The first kappa shape index (κ1) is 15.8. The highest BCUT2D eigenvalue weighted by molar-refractivity contribution is 6.30. The molecule has 20 heavy (non-hydrogen) atoms. The number of nitrogens with two attached hydrogens (primary N) is 1. The van der Waals surface area contributed by atoms with Gasteiger partial charge in [-0.2, -0.15) is 0 Å². The maximum absolute atomic E-state index is 6.24. The molecule has 0 aliphatic carbocycles. The van der Waals surface area contributed by atoms with Crippen molar-refractivity contribution in [2.24, 2.45) is 5.73 Å². The summed E-state index contributed by atoms with van der Waals surface area (Å²) in [6.07, 6.45) is 0. The predicted molar refractivity (Wildman–Crippen MR) is 86.1 cm³/mol. The number of piperazine rings is 1. The number of rotatable bonds is 4. The van der Waals surface area contributed by atoms with E-state index in [0.29, 0.717) is 6.04 Å². The Bertz CT molecular complexity index is 408. The van der Waals surface area contributed by atoms with E-state index in [1.54, 1.807) is 0 Å². The molecule has 3 nitrogen and oxygen atoms in total. The zero-order valence-corrected chi connectivity index (χ0v) is 13.5. The highest BCUT2D eigenvalue weighted by Crippen LogP contribution is 2.26. The van der Waals surface area contributed by atoms with E-state index >= 15 is 0 Å². The molecule has 2 atom stereocenters. The lowest BCUT2D eigenvalue weighted by molar-refractivity contribution is 0.0705. The molecule has 2 rings (SSSR count). The van der Waals surface area contributed by atoms with Crippen molar-refractivity contribution in [3.63, 3.8) is 0 Å². The Morgan fingerprint density at radius 3 is 1.90 bits per heavy atom. The van der Waals surface area contributed by atoms with Crippen molar-refractivity contribution in [3.8, 4) is 0 Å². The third kappa shape index (κ3) is 3.73. The van der Waals surface area contributed by atoms with Crippen molar-refractivity contribution in [3.05, 3.63) is 34.9 Å². The van der Waals surface area contributed by atoms with Gasteiger partial charge in [-0.1, -0.05) is 23.7 Å². The van der Waals surface area contributed by atoms with Crippen molar-refractivity contribution in [1.82, 2.24) is 9.80 Å². The molecule has 1 aromatic rings. The summed E-state index contributed by atoms with van der Waals surface area (Å²) in [5.74, 6) is 0. The number of halogens is 1. The fourth-order valence-corrected chi connectivity index (χ4v) is 3.16. The zero-order valence-electron chi connectivity index (χ0n) is 12.7. The highest BCUT2D eigenvalue weighted by atomic mass is 35.5. The molecule has 2 N–H and O–H groups in total. The molecule has 1 aliphatic rings. The van der Waals surface area contributed by atoms with E-state index in [0.717, 1.165) is 31.2 Å². The molecule has 0 saturated carbocycles. The fourth-order valence-electron chi connectivity index (χ4n) is 3.04. The van der Waals surface area contributed by atoms with Gasteiger partial charge in [-0.3, -0.25) is 9.80 Å². The first-order valence-corrected chi connectivity index (χ1v) is 7.86. The van der Waals surface area contributed by atoms with Gasteiger partial charge in [-0.15, -0.1) is 0 Å². The van der Waals surface area contributed by atoms with Gasteiger partial charge in [0.05, 0.1) is 0 Å². The van der Waals surface area contributed by atoms with Gasteiger partial charge in [0, 0.05) is 49.3 Å². The molecule has 1 aliphatic heterocycles. The summed E-state index contributed by atoms with van der Waals surface area (Å²) in [5, 5.41) is 0.779. The summed E-state index contributed by atoms with van der Waals surface area (Å²) in [5.41, 5.74) is 7.51. The van der Waals surface area contributed by atoms with Crippen LogP contribution in [0.4, 0.5) is 0 Å². The predicted octanol–water partition coefficient (Wildman–Crippen LogP) is 2.75. The van der Waals surface area contributed by atoms with Gasteiger partial charge in [-0.25, -0.2) is 0 Å². The molecule has 2 unspecified atom stereocenters. The maximum Gasteiger partial charge on any atom is 0.0497 e. The molecule has 1 aromatic carbocycles. The van der Waals surface area contributed by atoms with Gasteiger partial charge in [0.15, 0.2) is 0 Å². The normalized spacial score (nSPS) is 21.1. The van der Waals surface area contributed by atoms with E-state index in [1.165, 1.54) is 5.56 Å². The van der Waals surface area contributed by atoms with Crippen LogP contribution in [0.5, 0.6) is 0 Å². The summed E-state index contributed by atoms with van der Waals surface area (Å²) in [7, 11) is 0. The van der Waals surface area contributed by atoms with E-state index < -0.39 is 0 Å². The second-order valence-electron chi connectivity index (χ2n) is 6.02. The number of nitrogens with zero attached hydrogens (tertiary/aromatic N) is 2. The molecule has 0 radical (unpaired) electrons. The number of hydrogen-bond acceptors (Lipinski definition) is 3. The minimum absolute atomic E-state index is 0.113. The Morgan fingerprint density at radius 2 is 1.45 bits per heavy atom. The quantitative estimate of drug-likeness (QED) is 0.927. The Morgan fingerprint density at radius 1 is 0.950 bits per heavy atom.